The molecule has 0 fully saturated rings. The zero-order chi connectivity index (χ0) is 20.1. The van der Waals surface area contributed by atoms with Crippen LogP contribution in [-0.4, -0.2) is 28.9 Å². The van der Waals surface area contributed by atoms with E-state index in [1.165, 1.54) is 6.07 Å². The molecule has 0 N–H and O–H groups in total. The Morgan fingerprint density at radius 1 is 0.964 bits per heavy atom. The van der Waals surface area contributed by atoms with E-state index < -0.39 is 21.4 Å². The molecule has 3 aromatic carbocycles. The van der Waals surface area contributed by atoms with E-state index in [0.29, 0.717) is 21.8 Å². The van der Waals surface area contributed by atoms with E-state index in [1.807, 2.05) is 13.0 Å². The summed E-state index contributed by atoms with van der Waals surface area (Å²) in [5, 5.41) is 9.67. The van der Waals surface area contributed by atoms with Gasteiger partial charge in [-0.1, -0.05) is 36.4 Å². The molecule has 0 radical (unpaired) electrons. The minimum atomic E-state index is -5.86. The van der Waals surface area contributed by atoms with Crippen LogP contribution in [0.15, 0.2) is 54.6 Å². The van der Waals surface area contributed by atoms with Crippen molar-refractivity contribution in [2.45, 2.75) is 12.4 Å². The Hall–Kier alpha value is -3.14. The first-order valence-corrected chi connectivity index (χ1v) is 9.43. The Kier molecular flexibility index (Phi) is 4.03. The number of hydrogen-bond acceptors (Lipinski definition) is 5. The molecular weight excluding hydrogens is 395 g/mol. The summed E-state index contributed by atoms with van der Waals surface area (Å²) in [6, 6.07) is 14.7. The summed E-state index contributed by atoms with van der Waals surface area (Å²) in [6.45, 7) is 1.86. The third kappa shape index (κ3) is 3.05. The zero-order valence-electron chi connectivity index (χ0n) is 14.3. The highest BCUT2D eigenvalue weighted by Gasteiger charge is 2.49. The quantitative estimate of drug-likeness (QED) is 0.377. The summed E-state index contributed by atoms with van der Waals surface area (Å²) >= 11 is 0. The summed E-state index contributed by atoms with van der Waals surface area (Å²) in [4.78, 5) is 1.09. The fraction of sp³-hybridized carbons (Fsp3) is 0.111. The largest absolute Gasteiger partial charge is 0.534 e. The van der Waals surface area contributed by atoms with Crippen molar-refractivity contribution in [3.8, 4) is 11.4 Å². The van der Waals surface area contributed by atoms with Gasteiger partial charge in [-0.05, 0) is 36.1 Å². The Morgan fingerprint density at radius 3 is 2.43 bits per heavy atom. The van der Waals surface area contributed by atoms with Crippen LogP contribution >= 0.6 is 0 Å². The van der Waals surface area contributed by atoms with Gasteiger partial charge in [0.1, 0.15) is 16.7 Å². The van der Waals surface area contributed by atoms with Crippen LogP contribution in [0.2, 0.25) is 0 Å². The standard InChI is InChI=1S/C18H12F3N3O3S/c1-11-6-8-14-15(10-11)23-24(22-14)17-13-5-3-2-4-12(13)7-9-16(17)27-28(25,26)18(19,20)21/h2-10H,1H3. The minimum absolute atomic E-state index is 0.000205. The molecule has 0 aliphatic rings. The van der Waals surface area contributed by atoms with Crippen LogP contribution < -0.4 is 4.18 Å². The Morgan fingerprint density at radius 2 is 1.68 bits per heavy atom. The molecule has 0 aliphatic heterocycles. The van der Waals surface area contributed by atoms with E-state index in [2.05, 4.69) is 14.4 Å². The van der Waals surface area contributed by atoms with Crippen LogP contribution in [-0.2, 0) is 10.1 Å². The van der Waals surface area contributed by atoms with Gasteiger partial charge in [0.25, 0.3) is 0 Å². The van der Waals surface area contributed by atoms with E-state index >= 15 is 0 Å². The van der Waals surface area contributed by atoms with E-state index in [9.17, 15) is 21.6 Å². The minimum Gasteiger partial charge on any atom is -0.374 e. The van der Waals surface area contributed by atoms with Gasteiger partial charge in [-0.2, -0.15) is 21.6 Å². The van der Waals surface area contributed by atoms with Crippen molar-refractivity contribution in [1.29, 1.82) is 0 Å². The number of benzene rings is 3. The number of aromatic nitrogens is 3. The summed E-state index contributed by atoms with van der Waals surface area (Å²) in [6.07, 6.45) is 0. The highest BCUT2D eigenvalue weighted by atomic mass is 32.2. The molecule has 144 valence electrons. The van der Waals surface area contributed by atoms with Crippen molar-refractivity contribution >= 4 is 31.9 Å². The summed E-state index contributed by atoms with van der Waals surface area (Å²) in [7, 11) is -5.86. The fourth-order valence-corrected chi connectivity index (χ4v) is 3.26. The number of rotatable bonds is 3. The lowest BCUT2D eigenvalue weighted by Crippen LogP contribution is -2.28. The Bertz CT molecular complexity index is 1310. The van der Waals surface area contributed by atoms with Crippen LogP contribution in [0, 0.1) is 6.92 Å². The Labute approximate surface area is 157 Å². The second-order valence-corrected chi connectivity index (χ2v) is 7.64. The highest BCUT2D eigenvalue weighted by Crippen LogP contribution is 2.35. The smallest absolute Gasteiger partial charge is 0.374 e. The average molecular weight is 407 g/mol. The highest BCUT2D eigenvalue weighted by molar-refractivity contribution is 7.88. The monoisotopic (exact) mass is 407 g/mol. The maximum absolute atomic E-state index is 12.8. The molecule has 1 aromatic heterocycles. The normalized spacial score (nSPS) is 12.6. The summed E-state index contributed by atoms with van der Waals surface area (Å²) in [5.74, 6) is -0.520. The second-order valence-electron chi connectivity index (χ2n) is 6.10. The number of halogens is 3. The number of alkyl halides is 3. The van der Waals surface area contributed by atoms with Crippen molar-refractivity contribution in [3.63, 3.8) is 0 Å². The predicted octanol–water partition coefficient (Wildman–Crippen LogP) is 4.11. The molecule has 0 saturated carbocycles. The molecule has 0 unspecified atom stereocenters. The van der Waals surface area contributed by atoms with Gasteiger partial charge in [-0.3, -0.25) is 0 Å². The molecule has 0 aliphatic carbocycles. The topological polar surface area (TPSA) is 74.1 Å². The van der Waals surface area contributed by atoms with Crippen LogP contribution in [0.1, 0.15) is 5.56 Å². The summed E-state index contributed by atoms with van der Waals surface area (Å²) < 4.78 is 66.0. The lowest BCUT2D eigenvalue weighted by atomic mass is 10.1. The first-order valence-electron chi connectivity index (χ1n) is 8.02. The maximum atomic E-state index is 12.8. The molecule has 0 saturated heterocycles. The molecule has 4 rings (SSSR count). The molecule has 6 nitrogen and oxygen atoms in total. The molecule has 0 bridgehead atoms. The molecule has 0 spiro atoms. The molecule has 28 heavy (non-hydrogen) atoms. The predicted molar refractivity (Wildman–Crippen MR) is 96.7 cm³/mol. The van der Waals surface area contributed by atoms with Gasteiger partial charge in [-0.25, -0.2) is 0 Å². The van der Waals surface area contributed by atoms with Crippen LogP contribution in [0.3, 0.4) is 0 Å². The van der Waals surface area contributed by atoms with Gasteiger partial charge < -0.3 is 4.18 Å². The van der Waals surface area contributed by atoms with Crippen molar-refractivity contribution in [1.82, 2.24) is 15.0 Å². The number of aryl methyl sites for hydroxylation is 1. The van der Waals surface area contributed by atoms with Crippen molar-refractivity contribution < 1.29 is 25.8 Å². The first-order chi connectivity index (χ1) is 13.2. The van der Waals surface area contributed by atoms with Gasteiger partial charge in [0, 0.05) is 5.39 Å². The molecular formula is C18H12F3N3O3S. The molecule has 1 heterocycles. The summed E-state index contributed by atoms with van der Waals surface area (Å²) in [5.41, 5.74) is -3.62. The molecule has 10 heteroatoms. The second kappa shape index (κ2) is 6.20. The number of hydrogen-bond donors (Lipinski definition) is 0. The lowest BCUT2D eigenvalue weighted by molar-refractivity contribution is -0.0500. The van der Waals surface area contributed by atoms with E-state index in [4.69, 9.17) is 0 Å². The van der Waals surface area contributed by atoms with Gasteiger partial charge in [0.05, 0.1) is 0 Å². The van der Waals surface area contributed by atoms with Crippen molar-refractivity contribution in [2.24, 2.45) is 0 Å². The van der Waals surface area contributed by atoms with Crippen LogP contribution in [0.5, 0.6) is 5.75 Å². The third-order valence-corrected chi connectivity index (χ3v) is 5.05. The van der Waals surface area contributed by atoms with Gasteiger partial charge in [0.15, 0.2) is 5.75 Å². The SMILES string of the molecule is Cc1ccc2nn(-c3c(OS(=O)(=O)C(F)(F)F)ccc4ccccc34)nc2c1. The Balaban J connectivity index is 1.99. The van der Waals surface area contributed by atoms with E-state index in [0.717, 1.165) is 16.4 Å². The number of fused-ring (bicyclic) bond motifs is 2. The van der Waals surface area contributed by atoms with E-state index in [-0.39, 0.29) is 5.69 Å². The van der Waals surface area contributed by atoms with Gasteiger partial charge >= 0.3 is 15.6 Å². The first kappa shape index (κ1) is 18.2. The molecule has 0 amide bonds. The lowest BCUT2D eigenvalue weighted by Gasteiger charge is -2.14. The third-order valence-electron chi connectivity index (χ3n) is 4.08. The van der Waals surface area contributed by atoms with Crippen LogP contribution in [0.25, 0.3) is 27.5 Å². The van der Waals surface area contributed by atoms with E-state index in [1.54, 1.807) is 36.4 Å². The maximum Gasteiger partial charge on any atom is 0.534 e. The average Bonchev–Trinajstić information content (AvgIpc) is 3.02. The van der Waals surface area contributed by atoms with Crippen molar-refractivity contribution in [3.05, 3.63) is 60.2 Å². The number of nitrogens with zero attached hydrogens (tertiary/aromatic N) is 3. The van der Waals surface area contributed by atoms with Gasteiger partial charge in [-0.15, -0.1) is 15.0 Å². The fourth-order valence-electron chi connectivity index (χ4n) is 2.80. The van der Waals surface area contributed by atoms with Gasteiger partial charge in [0.2, 0.25) is 0 Å². The van der Waals surface area contributed by atoms with Crippen molar-refractivity contribution in [2.75, 3.05) is 0 Å². The molecule has 0 atom stereocenters. The molecule has 4 aromatic rings. The van der Waals surface area contributed by atoms with Crippen LogP contribution in [0.4, 0.5) is 13.2 Å². The zero-order valence-corrected chi connectivity index (χ0v) is 15.1.